The van der Waals surface area contributed by atoms with Crippen LogP contribution in [0.25, 0.3) is 21.8 Å². The molecule has 0 spiro atoms. The average Bonchev–Trinajstić information content (AvgIpc) is 2.95. The van der Waals surface area contributed by atoms with E-state index in [1.54, 1.807) is 24.3 Å². The zero-order valence-corrected chi connectivity index (χ0v) is 14.5. The Balaban J connectivity index is 1.75. The van der Waals surface area contributed by atoms with Crippen LogP contribution in [0.15, 0.2) is 66.7 Å². The molecule has 1 aromatic heterocycles. The van der Waals surface area contributed by atoms with Gasteiger partial charge in [0.15, 0.2) is 0 Å². The summed E-state index contributed by atoms with van der Waals surface area (Å²) in [7, 11) is 0. The summed E-state index contributed by atoms with van der Waals surface area (Å²) in [5, 5.41) is 5.93. The Kier molecular flexibility index (Phi) is 3.94. The van der Waals surface area contributed by atoms with Crippen LogP contribution < -0.4 is 5.32 Å². The molecule has 0 aliphatic heterocycles. The Hall–Kier alpha value is -2.78. The van der Waals surface area contributed by atoms with Crippen molar-refractivity contribution in [2.75, 3.05) is 5.32 Å². The number of para-hydroxylation sites is 1. The molecule has 1 heterocycles. The number of fused-ring (bicyclic) bond motifs is 3. The number of aryl methyl sites for hydroxylation is 1. The van der Waals surface area contributed by atoms with Gasteiger partial charge in [-0.15, -0.1) is 0 Å². The van der Waals surface area contributed by atoms with E-state index in [1.807, 2.05) is 18.2 Å². The second-order valence-electron chi connectivity index (χ2n) is 5.95. The minimum Gasteiger partial charge on any atom is -0.341 e. The lowest BCUT2D eigenvalue weighted by Gasteiger charge is -2.07. The molecule has 25 heavy (non-hydrogen) atoms. The second-order valence-corrected chi connectivity index (χ2v) is 6.39. The summed E-state index contributed by atoms with van der Waals surface area (Å²) in [5.74, 6) is -0.143. The van der Waals surface area contributed by atoms with Crippen molar-refractivity contribution in [3.63, 3.8) is 0 Å². The van der Waals surface area contributed by atoms with Crippen LogP contribution in [0.2, 0.25) is 5.02 Å². The first-order valence-electron chi connectivity index (χ1n) is 8.25. The number of carbonyl (C=O) groups excluding carboxylic acids is 1. The van der Waals surface area contributed by atoms with E-state index in [-0.39, 0.29) is 5.91 Å². The van der Waals surface area contributed by atoms with Gasteiger partial charge < -0.3 is 9.88 Å². The molecule has 4 rings (SSSR count). The number of nitrogens with zero attached hydrogens (tertiary/aromatic N) is 1. The van der Waals surface area contributed by atoms with Crippen molar-refractivity contribution in [2.45, 2.75) is 13.5 Å². The highest BCUT2D eigenvalue weighted by atomic mass is 35.5. The van der Waals surface area contributed by atoms with Gasteiger partial charge in [-0.1, -0.05) is 29.8 Å². The quantitative estimate of drug-likeness (QED) is 0.504. The zero-order valence-electron chi connectivity index (χ0n) is 13.8. The minimum atomic E-state index is -0.143. The molecule has 0 aliphatic rings. The number of rotatable bonds is 3. The van der Waals surface area contributed by atoms with Gasteiger partial charge in [-0.05, 0) is 55.5 Å². The predicted octanol–water partition coefficient (Wildman–Crippen LogP) is 5.72. The largest absolute Gasteiger partial charge is 0.341 e. The number of amides is 1. The maximum absolute atomic E-state index is 12.4. The summed E-state index contributed by atoms with van der Waals surface area (Å²) in [5.41, 5.74) is 3.75. The third-order valence-corrected chi connectivity index (χ3v) is 4.70. The number of anilines is 1. The normalized spacial score (nSPS) is 11.1. The number of hydrogen-bond acceptors (Lipinski definition) is 1. The van der Waals surface area contributed by atoms with E-state index in [2.05, 4.69) is 41.1 Å². The van der Waals surface area contributed by atoms with Crippen LogP contribution >= 0.6 is 11.6 Å². The van der Waals surface area contributed by atoms with E-state index < -0.39 is 0 Å². The third kappa shape index (κ3) is 2.77. The molecule has 0 saturated carbocycles. The van der Waals surface area contributed by atoms with Crippen molar-refractivity contribution in [2.24, 2.45) is 0 Å². The lowest BCUT2D eigenvalue weighted by molar-refractivity contribution is 0.102. The molecule has 124 valence electrons. The van der Waals surface area contributed by atoms with Crippen molar-refractivity contribution in [1.82, 2.24) is 4.57 Å². The van der Waals surface area contributed by atoms with Gasteiger partial charge in [-0.25, -0.2) is 0 Å². The van der Waals surface area contributed by atoms with Crippen LogP contribution in [-0.4, -0.2) is 10.5 Å². The van der Waals surface area contributed by atoms with Crippen molar-refractivity contribution in [3.8, 4) is 0 Å². The van der Waals surface area contributed by atoms with E-state index in [0.29, 0.717) is 10.6 Å². The molecule has 0 atom stereocenters. The highest BCUT2D eigenvalue weighted by Crippen LogP contribution is 2.31. The van der Waals surface area contributed by atoms with Crippen LogP contribution in [0.5, 0.6) is 0 Å². The fraction of sp³-hybridized carbons (Fsp3) is 0.0952. The van der Waals surface area contributed by atoms with Crippen LogP contribution in [0.1, 0.15) is 17.3 Å². The summed E-state index contributed by atoms with van der Waals surface area (Å²) in [6, 6.07) is 21.3. The second kappa shape index (κ2) is 6.26. The Morgan fingerprint density at radius 3 is 2.44 bits per heavy atom. The summed E-state index contributed by atoms with van der Waals surface area (Å²) in [4.78, 5) is 12.4. The monoisotopic (exact) mass is 348 g/mol. The third-order valence-electron chi connectivity index (χ3n) is 4.45. The lowest BCUT2D eigenvalue weighted by Crippen LogP contribution is -2.11. The fourth-order valence-corrected chi connectivity index (χ4v) is 3.40. The highest BCUT2D eigenvalue weighted by Gasteiger charge is 2.11. The molecule has 0 radical (unpaired) electrons. The molecule has 0 fully saturated rings. The van der Waals surface area contributed by atoms with Crippen LogP contribution in [0.4, 0.5) is 5.69 Å². The Morgan fingerprint density at radius 1 is 0.960 bits per heavy atom. The van der Waals surface area contributed by atoms with Crippen LogP contribution in [0.3, 0.4) is 0 Å². The summed E-state index contributed by atoms with van der Waals surface area (Å²) in [6.07, 6.45) is 0. The van der Waals surface area contributed by atoms with Gasteiger partial charge in [0.25, 0.3) is 5.91 Å². The molecule has 1 N–H and O–H groups in total. The van der Waals surface area contributed by atoms with Crippen LogP contribution in [0, 0.1) is 0 Å². The van der Waals surface area contributed by atoms with Gasteiger partial charge in [-0.3, -0.25) is 4.79 Å². The van der Waals surface area contributed by atoms with Gasteiger partial charge >= 0.3 is 0 Å². The summed E-state index contributed by atoms with van der Waals surface area (Å²) >= 11 is 5.88. The van der Waals surface area contributed by atoms with Gasteiger partial charge in [0.05, 0.1) is 0 Å². The molecule has 4 aromatic rings. The molecule has 4 heteroatoms. The van der Waals surface area contributed by atoms with Crippen molar-refractivity contribution in [3.05, 3.63) is 77.3 Å². The zero-order chi connectivity index (χ0) is 17.4. The summed E-state index contributed by atoms with van der Waals surface area (Å²) in [6.45, 7) is 3.04. The maximum Gasteiger partial charge on any atom is 0.255 e. The average molecular weight is 349 g/mol. The SMILES string of the molecule is CCn1c2ccccc2c2cc(NC(=O)c3ccc(Cl)cc3)ccc21. The minimum absolute atomic E-state index is 0.143. The van der Waals surface area contributed by atoms with Crippen molar-refractivity contribution in [1.29, 1.82) is 0 Å². The molecule has 0 unspecified atom stereocenters. The Labute approximate surface area is 150 Å². The predicted molar refractivity (Wildman–Crippen MR) is 105 cm³/mol. The molecule has 0 saturated heterocycles. The maximum atomic E-state index is 12.4. The molecule has 3 nitrogen and oxygen atoms in total. The molecular weight excluding hydrogens is 332 g/mol. The highest BCUT2D eigenvalue weighted by molar-refractivity contribution is 6.30. The number of aromatic nitrogens is 1. The van der Waals surface area contributed by atoms with Crippen LogP contribution in [-0.2, 0) is 6.54 Å². The first kappa shape index (κ1) is 15.7. The molecular formula is C21H17ClN2O. The molecule has 1 amide bonds. The van der Waals surface area contributed by atoms with E-state index in [0.717, 1.165) is 17.6 Å². The fourth-order valence-electron chi connectivity index (χ4n) is 3.28. The molecule has 0 aliphatic carbocycles. The van der Waals surface area contributed by atoms with Crippen molar-refractivity contribution < 1.29 is 4.79 Å². The Morgan fingerprint density at radius 2 is 1.68 bits per heavy atom. The van der Waals surface area contributed by atoms with Gasteiger partial charge in [0, 0.05) is 44.6 Å². The van der Waals surface area contributed by atoms with Gasteiger partial charge in [-0.2, -0.15) is 0 Å². The first-order valence-corrected chi connectivity index (χ1v) is 8.63. The van der Waals surface area contributed by atoms with Crippen molar-refractivity contribution >= 4 is 45.0 Å². The molecule has 3 aromatic carbocycles. The number of hydrogen-bond donors (Lipinski definition) is 1. The number of halogens is 1. The lowest BCUT2D eigenvalue weighted by atomic mass is 10.1. The first-order chi connectivity index (χ1) is 12.2. The number of nitrogens with one attached hydrogen (secondary N) is 1. The number of carbonyl (C=O) groups is 1. The summed E-state index contributed by atoms with van der Waals surface area (Å²) < 4.78 is 2.29. The van der Waals surface area contributed by atoms with E-state index in [4.69, 9.17) is 11.6 Å². The topological polar surface area (TPSA) is 34.0 Å². The Bertz CT molecular complexity index is 1080. The van der Waals surface area contributed by atoms with Gasteiger partial charge in [0.1, 0.15) is 0 Å². The standard InChI is InChI=1S/C21H17ClN2O/c1-2-24-19-6-4-3-5-17(19)18-13-16(11-12-20(18)24)23-21(25)14-7-9-15(22)10-8-14/h3-13H,2H2,1H3,(H,23,25). The van der Waals surface area contributed by atoms with E-state index in [1.165, 1.54) is 16.4 Å². The van der Waals surface area contributed by atoms with Gasteiger partial charge in [0.2, 0.25) is 0 Å². The number of benzene rings is 3. The smallest absolute Gasteiger partial charge is 0.255 e. The van der Waals surface area contributed by atoms with E-state index in [9.17, 15) is 4.79 Å². The molecule has 0 bridgehead atoms. The van der Waals surface area contributed by atoms with E-state index >= 15 is 0 Å².